The van der Waals surface area contributed by atoms with E-state index in [1.54, 1.807) is 31.3 Å². The van der Waals surface area contributed by atoms with Gasteiger partial charge in [0.1, 0.15) is 6.61 Å². The van der Waals surface area contributed by atoms with Gasteiger partial charge in [-0.25, -0.2) is 0 Å². The van der Waals surface area contributed by atoms with E-state index in [9.17, 15) is 4.79 Å². The smallest absolute Gasteiger partial charge is 0.224 e. The van der Waals surface area contributed by atoms with Crippen LogP contribution in [0.4, 0.5) is 0 Å². The number of ether oxygens (including phenoxy) is 2. The largest absolute Gasteiger partial charge is 0.493 e. The topological polar surface area (TPSA) is 60.5 Å². The molecule has 0 spiro atoms. The van der Waals surface area contributed by atoms with E-state index in [0.29, 0.717) is 18.1 Å². The fourth-order valence-corrected chi connectivity index (χ4v) is 3.91. The maximum Gasteiger partial charge on any atom is 0.224 e. The Labute approximate surface area is 188 Å². The van der Waals surface area contributed by atoms with Crippen LogP contribution in [0.5, 0.6) is 11.5 Å². The fraction of sp³-hybridized carbons (Fsp3) is 0.280. The van der Waals surface area contributed by atoms with Gasteiger partial charge in [0, 0.05) is 29.0 Å². The zero-order valence-corrected chi connectivity index (χ0v) is 18.9. The molecule has 162 valence electrons. The van der Waals surface area contributed by atoms with Crippen molar-refractivity contribution < 1.29 is 14.3 Å². The molecule has 5 nitrogen and oxygen atoms in total. The van der Waals surface area contributed by atoms with Crippen LogP contribution in [-0.4, -0.2) is 23.8 Å². The first-order chi connectivity index (χ1) is 15.1. The van der Waals surface area contributed by atoms with Gasteiger partial charge >= 0.3 is 0 Å². The Balaban J connectivity index is 1.56. The Morgan fingerprint density at radius 1 is 1.03 bits per heavy atom. The van der Waals surface area contributed by atoms with Crippen molar-refractivity contribution in [1.82, 2.24) is 10.3 Å². The van der Waals surface area contributed by atoms with E-state index in [-0.39, 0.29) is 17.9 Å². The standard InChI is InChI=1S/C25H28N2O3S/c1-18(17-31-22-7-5-4-6-8-22)25(28)27-19(2)21-9-10-23(24(15-21)29-3)30-16-20-11-13-26-14-12-20/h4-15,18-19H,16-17H2,1-3H3,(H,27,28). The molecule has 0 aliphatic carbocycles. The Kier molecular flexibility index (Phi) is 8.35. The Bertz CT molecular complexity index is 967. The van der Waals surface area contributed by atoms with Gasteiger partial charge in [-0.15, -0.1) is 11.8 Å². The lowest BCUT2D eigenvalue weighted by Gasteiger charge is -2.19. The minimum Gasteiger partial charge on any atom is -0.493 e. The molecule has 2 unspecified atom stereocenters. The van der Waals surface area contributed by atoms with Crippen molar-refractivity contribution in [3.63, 3.8) is 0 Å². The Morgan fingerprint density at radius 3 is 2.48 bits per heavy atom. The fourth-order valence-electron chi connectivity index (χ4n) is 2.97. The third kappa shape index (κ3) is 6.76. The summed E-state index contributed by atoms with van der Waals surface area (Å²) in [7, 11) is 1.62. The molecule has 3 rings (SSSR count). The summed E-state index contributed by atoms with van der Waals surface area (Å²) in [6.45, 7) is 4.36. The average molecular weight is 437 g/mol. The van der Waals surface area contributed by atoms with E-state index in [1.807, 2.05) is 62.4 Å². The number of pyridine rings is 1. The lowest BCUT2D eigenvalue weighted by atomic mass is 10.1. The molecule has 6 heteroatoms. The van der Waals surface area contributed by atoms with Crippen molar-refractivity contribution in [1.29, 1.82) is 0 Å². The third-order valence-electron chi connectivity index (χ3n) is 4.88. The normalized spacial score (nSPS) is 12.6. The molecular formula is C25H28N2O3S. The second-order valence-electron chi connectivity index (χ2n) is 7.31. The number of thioether (sulfide) groups is 1. The number of hydrogen-bond donors (Lipinski definition) is 1. The molecule has 2 atom stereocenters. The molecule has 0 aliphatic rings. The van der Waals surface area contributed by atoms with Gasteiger partial charge in [0.2, 0.25) is 5.91 Å². The van der Waals surface area contributed by atoms with Gasteiger partial charge < -0.3 is 14.8 Å². The third-order valence-corrected chi connectivity index (χ3v) is 6.15. The van der Waals surface area contributed by atoms with Crippen LogP contribution >= 0.6 is 11.8 Å². The summed E-state index contributed by atoms with van der Waals surface area (Å²) in [5.74, 6) is 1.97. The minimum absolute atomic E-state index is 0.0351. The predicted octanol–water partition coefficient (Wildman–Crippen LogP) is 5.27. The number of amides is 1. The summed E-state index contributed by atoms with van der Waals surface area (Å²) >= 11 is 1.69. The van der Waals surface area contributed by atoms with Crippen molar-refractivity contribution in [2.24, 2.45) is 5.92 Å². The Morgan fingerprint density at radius 2 is 1.77 bits per heavy atom. The quantitative estimate of drug-likeness (QED) is 0.439. The highest BCUT2D eigenvalue weighted by Crippen LogP contribution is 2.31. The summed E-state index contributed by atoms with van der Waals surface area (Å²) < 4.78 is 11.4. The number of hydrogen-bond acceptors (Lipinski definition) is 5. The lowest BCUT2D eigenvalue weighted by Crippen LogP contribution is -2.32. The van der Waals surface area contributed by atoms with E-state index in [2.05, 4.69) is 22.4 Å². The highest BCUT2D eigenvalue weighted by Gasteiger charge is 2.18. The van der Waals surface area contributed by atoms with Crippen molar-refractivity contribution in [2.45, 2.75) is 31.4 Å². The SMILES string of the molecule is COc1cc(C(C)NC(=O)C(C)CSc2ccccc2)ccc1OCc1ccncc1. The number of carbonyl (C=O) groups is 1. The average Bonchev–Trinajstić information content (AvgIpc) is 2.82. The van der Waals surface area contributed by atoms with Crippen LogP contribution in [0.25, 0.3) is 0 Å². The summed E-state index contributed by atoms with van der Waals surface area (Å²) in [4.78, 5) is 17.8. The number of nitrogens with zero attached hydrogens (tertiary/aromatic N) is 1. The van der Waals surface area contributed by atoms with Gasteiger partial charge in [-0.2, -0.15) is 0 Å². The monoisotopic (exact) mass is 436 g/mol. The molecule has 31 heavy (non-hydrogen) atoms. The van der Waals surface area contributed by atoms with Crippen molar-refractivity contribution >= 4 is 17.7 Å². The molecule has 1 N–H and O–H groups in total. The summed E-state index contributed by atoms with van der Waals surface area (Å²) in [6, 6.07) is 19.6. The highest BCUT2D eigenvalue weighted by molar-refractivity contribution is 7.99. The molecule has 0 radical (unpaired) electrons. The Hall–Kier alpha value is -2.99. The van der Waals surface area contributed by atoms with Gasteiger partial charge in [0.15, 0.2) is 11.5 Å². The molecule has 0 fully saturated rings. The van der Waals surface area contributed by atoms with Crippen molar-refractivity contribution in [3.05, 3.63) is 84.2 Å². The van der Waals surface area contributed by atoms with E-state index in [1.165, 1.54) is 4.90 Å². The second-order valence-corrected chi connectivity index (χ2v) is 8.40. The predicted molar refractivity (Wildman–Crippen MR) is 124 cm³/mol. The van der Waals surface area contributed by atoms with Crippen molar-refractivity contribution in [3.8, 4) is 11.5 Å². The lowest BCUT2D eigenvalue weighted by molar-refractivity contribution is -0.124. The maximum absolute atomic E-state index is 12.6. The van der Waals surface area contributed by atoms with Crippen LogP contribution in [0.1, 0.15) is 31.0 Å². The first kappa shape index (κ1) is 22.7. The zero-order chi connectivity index (χ0) is 22.1. The molecule has 1 aromatic heterocycles. The number of aromatic nitrogens is 1. The molecule has 0 saturated heterocycles. The molecule has 1 amide bonds. The summed E-state index contributed by atoms with van der Waals surface area (Å²) in [5.41, 5.74) is 1.99. The molecular weight excluding hydrogens is 408 g/mol. The number of nitrogens with one attached hydrogen (secondary N) is 1. The highest BCUT2D eigenvalue weighted by atomic mass is 32.2. The first-order valence-electron chi connectivity index (χ1n) is 10.2. The van der Waals surface area contributed by atoms with Gasteiger partial charge in [-0.1, -0.05) is 31.2 Å². The second kappa shape index (κ2) is 11.4. The first-order valence-corrected chi connectivity index (χ1v) is 11.2. The van der Waals surface area contributed by atoms with Crippen LogP contribution < -0.4 is 14.8 Å². The summed E-state index contributed by atoms with van der Waals surface area (Å²) in [6.07, 6.45) is 3.48. The number of benzene rings is 2. The van der Waals surface area contributed by atoms with Gasteiger partial charge in [-0.05, 0) is 54.4 Å². The minimum atomic E-state index is -0.139. The van der Waals surface area contributed by atoms with Gasteiger partial charge in [0.05, 0.1) is 13.2 Å². The van der Waals surface area contributed by atoms with Gasteiger partial charge in [-0.3, -0.25) is 9.78 Å². The number of carbonyl (C=O) groups excluding carboxylic acids is 1. The van der Waals surface area contributed by atoms with Crippen LogP contribution in [0.2, 0.25) is 0 Å². The molecule has 3 aromatic rings. The molecule has 1 heterocycles. The van der Waals surface area contributed by atoms with E-state index < -0.39 is 0 Å². The molecule has 0 bridgehead atoms. The zero-order valence-electron chi connectivity index (χ0n) is 18.1. The van der Waals surface area contributed by atoms with E-state index >= 15 is 0 Å². The van der Waals surface area contributed by atoms with Crippen molar-refractivity contribution in [2.75, 3.05) is 12.9 Å². The number of rotatable bonds is 10. The van der Waals surface area contributed by atoms with Crippen LogP contribution in [0, 0.1) is 5.92 Å². The van der Waals surface area contributed by atoms with Gasteiger partial charge in [0.25, 0.3) is 0 Å². The molecule has 2 aromatic carbocycles. The summed E-state index contributed by atoms with van der Waals surface area (Å²) in [5, 5.41) is 3.11. The van der Waals surface area contributed by atoms with Crippen LogP contribution in [0.3, 0.4) is 0 Å². The molecule has 0 saturated carbocycles. The maximum atomic E-state index is 12.6. The number of methoxy groups -OCH3 is 1. The molecule has 0 aliphatic heterocycles. The van der Waals surface area contributed by atoms with Crippen LogP contribution in [-0.2, 0) is 11.4 Å². The van der Waals surface area contributed by atoms with E-state index in [0.717, 1.165) is 16.9 Å². The van der Waals surface area contributed by atoms with E-state index in [4.69, 9.17) is 9.47 Å². The van der Waals surface area contributed by atoms with Crippen LogP contribution in [0.15, 0.2) is 78.0 Å².